The van der Waals surface area contributed by atoms with Crippen LogP contribution in [0.4, 0.5) is 5.69 Å². The summed E-state index contributed by atoms with van der Waals surface area (Å²) in [6, 6.07) is 2.99. The first kappa shape index (κ1) is 27.7. The first-order valence-electron chi connectivity index (χ1n) is 10.9. The Labute approximate surface area is 199 Å². The van der Waals surface area contributed by atoms with Crippen molar-refractivity contribution in [2.24, 2.45) is 0 Å². The van der Waals surface area contributed by atoms with Gasteiger partial charge in [-0.2, -0.15) is 13.1 Å². The number of rotatable bonds is 18. The van der Waals surface area contributed by atoms with Crippen molar-refractivity contribution in [2.75, 3.05) is 24.5 Å². The van der Waals surface area contributed by atoms with Gasteiger partial charge in [-0.15, -0.1) is 0 Å². The number of hydrogen-bond donors (Lipinski definition) is 3. The van der Waals surface area contributed by atoms with Crippen LogP contribution in [0.1, 0.15) is 77.6 Å². The first-order chi connectivity index (χ1) is 14.4. The Bertz CT molecular complexity index is 679. The highest BCUT2D eigenvalue weighted by Crippen LogP contribution is 2.35. The van der Waals surface area contributed by atoms with E-state index in [0.717, 1.165) is 13.0 Å². The van der Waals surface area contributed by atoms with E-state index in [4.69, 9.17) is 4.74 Å². The standard InChI is InChI=1S/C21H36Br2N2O4S/c1-2-3-4-5-6-7-8-9-10-11-14-29-15-12-13-24-30(27,28)25-18-16-19(22)21(26)20(23)17-18/h16-17,24-26H,2-15H2,1H3. The van der Waals surface area contributed by atoms with Crippen molar-refractivity contribution in [1.82, 2.24) is 4.72 Å². The fourth-order valence-corrected chi connectivity index (χ4v) is 5.09. The molecule has 1 aromatic rings. The molecule has 0 spiro atoms. The number of aromatic hydroxyl groups is 1. The Hall–Kier alpha value is -0.350. The van der Waals surface area contributed by atoms with Crippen LogP contribution >= 0.6 is 31.9 Å². The smallest absolute Gasteiger partial charge is 0.299 e. The molecule has 0 fully saturated rings. The third kappa shape index (κ3) is 13.1. The molecular formula is C21H36Br2N2O4S. The summed E-state index contributed by atoms with van der Waals surface area (Å²) in [7, 11) is -3.68. The molecular weight excluding hydrogens is 536 g/mol. The zero-order valence-electron chi connectivity index (χ0n) is 17.9. The van der Waals surface area contributed by atoms with E-state index in [1.807, 2.05) is 0 Å². The lowest BCUT2D eigenvalue weighted by Gasteiger charge is -2.11. The zero-order chi connectivity index (χ0) is 22.2. The topological polar surface area (TPSA) is 87.7 Å². The maximum Gasteiger partial charge on any atom is 0.299 e. The van der Waals surface area contributed by atoms with E-state index in [1.165, 1.54) is 69.9 Å². The Morgan fingerprint density at radius 2 is 1.37 bits per heavy atom. The minimum Gasteiger partial charge on any atom is -0.506 e. The summed E-state index contributed by atoms with van der Waals surface area (Å²) in [5.74, 6) is 0.0189. The lowest BCUT2D eigenvalue weighted by molar-refractivity contribution is 0.128. The van der Waals surface area contributed by atoms with Crippen LogP contribution in [-0.2, 0) is 14.9 Å². The first-order valence-corrected chi connectivity index (χ1v) is 14.0. The Balaban J connectivity index is 2.01. The van der Waals surface area contributed by atoms with Crippen molar-refractivity contribution in [2.45, 2.75) is 77.6 Å². The van der Waals surface area contributed by atoms with Crippen molar-refractivity contribution in [1.29, 1.82) is 0 Å². The van der Waals surface area contributed by atoms with Gasteiger partial charge < -0.3 is 9.84 Å². The number of hydrogen-bond acceptors (Lipinski definition) is 4. The van der Waals surface area contributed by atoms with Crippen LogP contribution in [0.5, 0.6) is 5.75 Å². The second-order valence-electron chi connectivity index (χ2n) is 7.44. The number of benzene rings is 1. The lowest BCUT2D eigenvalue weighted by atomic mass is 10.1. The second kappa shape index (κ2) is 16.3. The van der Waals surface area contributed by atoms with Crippen LogP contribution in [0.2, 0.25) is 0 Å². The molecule has 0 atom stereocenters. The fourth-order valence-electron chi connectivity index (χ4n) is 2.99. The highest BCUT2D eigenvalue weighted by molar-refractivity contribution is 9.11. The number of unbranched alkanes of at least 4 members (excludes halogenated alkanes) is 9. The third-order valence-corrected chi connectivity index (χ3v) is 6.97. The minimum atomic E-state index is -3.68. The molecule has 9 heteroatoms. The number of nitrogens with one attached hydrogen (secondary N) is 2. The number of anilines is 1. The molecule has 0 unspecified atom stereocenters. The van der Waals surface area contributed by atoms with Gasteiger partial charge in [0.05, 0.1) is 14.6 Å². The average molecular weight is 572 g/mol. The molecule has 0 heterocycles. The van der Waals surface area contributed by atoms with E-state index >= 15 is 0 Å². The van der Waals surface area contributed by atoms with E-state index in [1.54, 1.807) is 0 Å². The van der Waals surface area contributed by atoms with Crippen molar-refractivity contribution >= 4 is 47.8 Å². The maximum absolute atomic E-state index is 12.1. The molecule has 0 saturated heterocycles. The molecule has 0 bridgehead atoms. The van der Waals surface area contributed by atoms with Gasteiger partial charge in [-0.1, -0.05) is 64.7 Å². The Morgan fingerprint density at radius 3 is 1.93 bits per heavy atom. The van der Waals surface area contributed by atoms with Crippen LogP contribution in [0.25, 0.3) is 0 Å². The van der Waals surface area contributed by atoms with Crippen LogP contribution in [0, 0.1) is 0 Å². The number of phenolic OH excluding ortho intramolecular Hbond substituents is 1. The lowest BCUT2D eigenvalue weighted by Crippen LogP contribution is -2.31. The summed E-state index contributed by atoms with van der Waals surface area (Å²) in [6.45, 7) is 3.82. The molecule has 0 amide bonds. The quantitative estimate of drug-likeness (QED) is 0.139. The number of halogens is 2. The van der Waals surface area contributed by atoms with E-state index in [2.05, 4.69) is 48.2 Å². The van der Waals surface area contributed by atoms with Gasteiger partial charge in [-0.3, -0.25) is 4.72 Å². The molecule has 3 N–H and O–H groups in total. The van der Waals surface area contributed by atoms with E-state index in [-0.39, 0.29) is 5.75 Å². The molecule has 0 aliphatic carbocycles. The Kier molecular flexibility index (Phi) is 15.0. The highest BCUT2D eigenvalue weighted by atomic mass is 79.9. The van der Waals surface area contributed by atoms with Gasteiger partial charge in [0.15, 0.2) is 0 Å². The predicted octanol–water partition coefficient (Wildman–Crippen LogP) is 6.49. The van der Waals surface area contributed by atoms with Gasteiger partial charge in [-0.25, -0.2) is 0 Å². The molecule has 174 valence electrons. The van der Waals surface area contributed by atoms with Gasteiger partial charge in [-0.05, 0) is 56.8 Å². The molecule has 1 aromatic carbocycles. The minimum absolute atomic E-state index is 0.0189. The SMILES string of the molecule is CCCCCCCCCCCCOCCCNS(=O)(=O)Nc1cc(Br)c(O)c(Br)c1. The largest absolute Gasteiger partial charge is 0.506 e. The van der Waals surface area contributed by atoms with Crippen molar-refractivity contribution in [3.63, 3.8) is 0 Å². The van der Waals surface area contributed by atoms with Gasteiger partial charge in [0.2, 0.25) is 0 Å². The summed E-state index contributed by atoms with van der Waals surface area (Å²) < 4.78 is 35.5. The summed E-state index contributed by atoms with van der Waals surface area (Å²) in [5, 5.41) is 9.68. The van der Waals surface area contributed by atoms with Crippen molar-refractivity contribution in [3.8, 4) is 5.75 Å². The molecule has 0 aromatic heterocycles. The fraction of sp³-hybridized carbons (Fsp3) is 0.714. The average Bonchev–Trinajstić information content (AvgIpc) is 2.68. The van der Waals surface area contributed by atoms with E-state index in [0.29, 0.717) is 34.2 Å². The van der Waals surface area contributed by atoms with Gasteiger partial charge in [0, 0.05) is 19.8 Å². The van der Waals surface area contributed by atoms with Crippen LogP contribution in [0.3, 0.4) is 0 Å². The molecule has 0 saturated carbocycles. The monoisotopic (exact) mass is 570 g/mol. The molecule has 0 aliphatic rings. The van der Waals surface area contributed by atoms with Gasteiger partial charge >= 0.3 is 0 Å². The third-order valence-electron chi connectivity index (χ3n) is 4.67. The van der Waals surface area contributed by atoms with Crippen LogP contribution < -0.4 is 9.44 Å². The van der Waals surface area contributed by atoms with Crippen LogP contribution in [-0.4, -0.2) is 33.3 Å². The molecule has 0 radical (unpaired) electrons. The molecule has 6 nitrogen and oxygen atoms in total. The molecule has 0 aliphatic heterocycles. The highest BCUT2D eigenvalue weighted by Gasteiger charge is 2.12. The van der Waals surface area contributed by atoms with E-state index in [9.17, 15) is 13.5 Å². The van der Waals surface area contributed by atoms with Gasteiger partial charge in [0.1, 0.15) is 5.75 Å². The second-order valence-corrected chi connectivity index (χ2v) is 10.6. The number of phenols is 1. The summed E-state index contributed by atoms with van der Waals surface area (Å²) in [6.07, 6.45) is 13.6. The molecule has 1 rings (SSSR count). The molecule has 30 heavy (non-hydrogen) atoms. The maximum atomic E-state index is 12.1. The summed E-state index contributed by atoms with van der Waals surface area (Å²) in [4.78, 5) is 0. The van der Waals surface area contributed by atoms with E-state index < -0.39 is 10.2 Å². The Morgan fingerprint density at radius 1 is 0.867 bits per heavy atom. The summed E-state index contributed by atoms with van der Waals surface area (Å²) in [5.41, 5.74) is 0.344. The number of ether oxygens (including phenoxy) is 1. The normalized spacial score (nSPS) is 11.7. The van der Waals surface area contributed by atoms with Crippen LogP contribution in [0.15, 0.2) is 21.1 Å². The predicted molar refractivity (Wildman–Crippen MR) is 131 cm³/mol. The van der Waals surface area contributed by atoms with Gasteiger partial charge in [0.25, 0.3) is 10.2 Å². The van der Waals surface area contributed by atoms with Crippen molar-refractivity contribution in [3.05, 3.63) is 21.1 Å². The zero-order valence-corrected chi connectivity index (χ0v) is 21.9. The van der Waals surface area contributed by atoms with Crippen molar-refractivity contribution < 1.29 is 18.3 Å². The summed E-state index contributed by atoms with van der Waals surface area (Å²) >= 11 is 6.35.